The first-order valence-electron chi connectivity index (χ1n) is 8.83. The number of aliphatic carboxylic acids is 1. The van der Waals surface area contributed by atoms with Crippen LogP contribution in [0.1, 0.15) is 22.5 Å². The highest BCUT2D eigenvalue weighted by Gasteiger charge is 2.55. The zero-order chi connectivity index (χ0) is 19.2. The number of rotatable bonds is 3. The van der Waals surface area contributed by atoms with E-state index in [1.165, 1.54) is 18.3 Å². The molecule has 2 aromatic rings. The number of fused-ring (bicyclic) bond motifs is 1. The highest BCUT2D eigenvalue weighted by molar-refractivity contribution is 5.96. The molecule has 0 saturated carbocycles. The Kier molecular flexibility index (Phi) is 4.22. The van der Waals surface area contributed by atoms with Gasteiger partial charge in [0.15, 0.2) is 0 Å². The first kappa shape index (κ1) is 17.7. The van der Waals surface area contributed by atoms with Crippen LogP contribution in [0.15, 0.2) is 30.5 Å². The van der Waals surface area contributed by atoms with Crippen molar-refractivity contribution < 1.29 is 23.8 Å². The van der Waals surface area contributed by atoms with Crippen molar-refractivity contribution in [3.05, 3.63) is 47.5 Å². The number of ether oxygens (including phenoxy) is 1. The quantitative estimate of drug-likeness (QED) is 0.888. The largest absolute Gasteiger partial charge is 0.481 e. The number of carboxylic acid groups (broad SMARTS) is 1. The monoisotopic (exact) mass is 373 g/mol. The minimum absolute atomic E-state index is 0.177. The molecule has 2 aliphatic heterocycles. The zero-order valence-electron chi connectivity index (χ0n) is 14.9. The Morgan fingerprint density at radius 2 is 2.07 bits per heavy atom. The fourth-order valence-corrected chi connectivity index (χ4v) is 4.09. The fourth-order valence-electron chi connectivity index (χ4n) is 4.09. The SMILES string of the molecule is Cc1c(C(=O)N2C[C@H]3COCC[C@@]3(C(=O)O)C2)cnn1-c1ccc(F)cc1. The molecule has 7 nitrogen and oxygen atoms in total. The lowest BCUT2D eigenvalue weighted by atomic mass is 9.74. The minimum atomic E-state index is -0.936. The number of nitrogens with zero attached hydrogens (tertiary/aromatic N) is 3. The molecule has 1 aromatic carbocycles. The van der Waals surface area contributed by atoms with Crippen molar-refractivity contribution in [3.8, 4) is 5.69 Å². The smallest absolute Gasteiger partial charge is 0.311 e. The van der Waals surface area contributed by atoms with E-state index in [2.05, 4.69) is 5.10 Å². The number of aromatic nitrogens is 2. The number of halogens is 1. The highest BCUT2D eigenvalue weighted by Crippen LogP contribution is 2.43. The van der Waals surface area contributed by atoms with E-state index in [4.69, 9.17) is 4.74 Å². The number of likely N-dealkylation sites (tertiary alicyclic amines) is 1. The third-order valence-corrected chi connectivity index (χ3v) is 5.73. The number of carbonyl (C=O) groups excluding carboxylic acids is 1. The summed E-state index contributed by atoms with van der Waals surface area (Å²) in [6.45, 7) is 3.04. The second kappa shape index (κ2) is 6.45. The average Bonchev–Trinajstić information content (AvgIpc) is 3.24. The van der Waals surface area contributed by atoms with Crippen molar-refractivity contribution in [2.75, 3.05) is 26.3 Å². The molecule has 2 aliphatic rings. The Bertz CT molecular complexity index is 895. The van der Waals surface area contributed by atoms with Crippen LogP contribution in [0.4, 0.5) is 4.39 Å². The maximum absolute atomic E-state index is 13.1. The lowest BCUT2D eigenvalue weighted by molar-refractivity contribution is -0.157. The van der Waals surface area contributed by atoms with E-state index < -0.39 is 11.4 Å². The molecule has 142 valence electrons. The number of carboxylic acids is 1. The van der Waals surface area contributed by atoms with Crippen molar-refractivity contribution in [1.29, 1.82) is 0 Å². The number of hydrogen-bond acceptors (Lipinski definition) is 4. The molecule has 0 bridgehead atoms. The van der Waals surface area contributed by atoms with Crippen molar-refractivity contribution in [1.82, 2.24) is 14.7 Å². The van der Waals surface area contributed by atoms with Crippen LogP contribution in [-0.4, -0.2) is 58.0 Å². The van der Waals surface area contributed by atoms with Crippen LogP contribution in [0.5, 0.6) is 0 Å². The van der Waals surface area contributed by atoms with E-state index in [9.17, 15) is 19.1 Å². The van der Waals surface area contributed by atoms with E-state index in [1.54, 1.807) is 28.6 Å². The Labute approximate surface area is 155 Å². The summed E-state index contributed by atoms with van der Waals surface area (Å²) in [6, 6.07) is 5.84. The standard InChI is InChI=1S/C19H20FN3O4/c1-12-16(8-21-23(12)15-4-2-14(20)3-5-15)17(24)22-9-13-10-27-7-6-19(13,11-22)18(25)26/h2-5,8,13H,6-7,9-11H2,1H3,(H,25,26)/t13-,19+/m0/s1. The molecule has 8 heteroatoms. The molecule has 2 atom stereocenters. The fraction of sp³-hybridized carbons (Fsp3) is 0.421. The van der Waals surface area contributed by atoms with Crippen molar-refractivity contribution in [2.24, 2.45) is 11.3 Å². The van der Waals surface area contributed by atoms with Gasteiger partial charge in [-0.05, 0) is 37.6 Å². The first-order valence-corrected chi connectivity index (χ1v) is 8.83. The third-order valence-electron chi connectivity index (χ3n) is 5.73. The topological polar surface area (TPSA) is 84.7 Å². The Morgan fingerprint density at radius 1 is 1.33 bits per heavy atom. The predicted octanol–water partition coefficient (Wildman–Crippen LogP) is 1.88. The number of amides is 1. The molecule has 27 heavy (non-hydrogen) atoms. The molecule has 1 amide bonds. The van der Waals surface area contributed by atoms with Crippen LogP contribution >= 0.6 is 0 Å². The molecule has 4 rings (SSSR count). The summed E-state index contributed by atoms with van der Waals surface area (Å²) in [5.74, 6) is -1.67. The van der Waals surface area contributed by atoms with Gasteiger partial charge in [-0.25, -0.2) is 9.07 Å². The lowest BCUT2D eigenvalue weighted by Gasteiger charge is -2.33. The van der Waals surface area contributed by atoms with Crippen LogP contribution in [0.25, 0.3) is 5.69 Å². The van der Waals surface area contributed by atoms with Gasteiger partial charge in [0.2, 0.25) is 0 Å². The Morgan fingerprint density at radius 3 is 2.74 bits per heavy atom. The summed E-state index contributed by atoms with van der Waals surface area (Å²) in [5, 5.41) is 14.0. The van der Waals surface area contributed by atoms with Gasteiger partial charge in [-0.2, -0.15) is 5.10 Å². The highest BCUT2D eigenvalue weighted by atomic mass is 19.1. The third kappa shape index (κ3) is 2.80. The normalized spacial score (nSPS) is 24.7. The molecular weight excluding hydrogens is 353 g/mol. The van der Waals surface area contributed by atoms with E-state index in [0.29, 0.717) is 43.1 Å². The van der Waals surface area contributed by atoms with Gasteiger partial charge in [0.05, 0.1) is 35.2 Å². The van der Waals surface area contributed by atoms with E-state index >= 15 is 0 Å². The molecule has 0 spiro atoms. The molecule has 1 N–H and O–H groups in total. The van der Waals surface area contributed by atoms with Gasteiger partial charge in [0, 0.05) is 25.6 Å². The molecule has 2 fully saturated rings. The van der Waals surface area contributed by atoms with E-state index in [0.717, 1.165) is 0 Å². The van der Waals surface area contributed by atoms with Crippen LogP contribution in [0.2, 0.25) is 0 Å². The van der Waals surface area contributed by atoms with Crippen LogP contribution in [0.3, 0.4) is 0 Å². The Hall–Kier alpha value is -2.74. The molecule has 0 unspecified atom stereocenters. The lowest BCUT2D eigenvalue weighted by Crippen LogP contribution is -2.45. The van der Waals surface area contributed by atoms with E-state index in [-0.39, 0.29) is 24.2 Å². The van der Waals surface area contributed by atoms with Crippen LogP contribution < -0.4 is 0 Å². The van der Waals surface area contributed by atoms with Gasteiger partial charge in [-0.1, -0.05) is 0 Å². The van der Waals surface area contributed by atoms with E-state index in [1.807, 2.05) is 0 Å². The summed E-state index contributed by atoms with van der Waals surface area (Å²) in [6.07, 6.45) is 1.89. The number of hydrogen-bond donors (Lipinski definition) is 1. The van der Waals surface area contributed by atoms with Crippen molar-refractivity contribution in [2.45, 2.75) is 13.3 Å². The molecular formula is C19H20FN3O4. The molecule has 2 saturated heterocycles. The van der Waals surface area contributed by atoms with Gasteiger partial charge >= 0.3 is 5.97 Å². The average molecular weight is 373 g/mol. The van der Waals surface area contributed by atoms with Crippen LogP contribution in [0, 0.1) is 24.1 Å². The molecule has 1 aromatic heterocycles. The predicted molar refractivity (Wildman–Crippen MR) is 93.2 cm³/mol. The summed E-state index contributed by atoms with van der Waals surface area (Å²) < 4.78 is 20.2. The van der Waals surface area contributed by atoms with Crippen molar-refractivity contribution >= 4 is 11.9 Å². The Balaban J connectivity index is 1.61. The van der Waals surface area contributed by atoms with Gasteiger partial charge in [-0.3, -0.25) is 9.59 Å². The van der Waals surface area contributed by atoms with Gasteiger partial charge in [0.1, 0.15) is 5.82 Å². The second-order valence-corrected chi connectivity index (χ2v) is 7.20. The maximum Gasteiger partial charge on any atom is 0.311 e. The molecule has 3 heterocycles. The summed E-state index contributed by atoms with van der Waals surface area (Å²) in [5.41, 5.74) is 0.759. The minimum Gasteiger partial charge on any atom is -0.481 e. The molecule has 0 aliphatic carbocycles. The molecule has 0 radical (unpaired) electrons. The van der Waals surface area contributed by atoms with Crippen LogP contribution in [-0.2, 0) is 9.53 Å². The van der Waals surface area contributed by atoms with Gasteiger partial charge in [-0.15, -0.1) is 0 Å². The van der Waals surface area contributed by atoms with Gasteiger partial charge < -0.3 is 14.7 Å². The number of carbonyl (C=O) groups is 2. The first-order chi connectivity index (χ1) is 12.9. The number of benzene rings is 1. The summed E-state index contributed by atoms with van der Waals surface area (Å²) >= 11 is 0. The summed E-state index contributed by atoms with van der Waals surface area (Å²) in [4.78, 5) is 26.5. The van der Waals surface area contributed by atoms with Gasteiger partial charge in [0.25, 0.3) is 5.91 Å². The second-order valence-electron chi connectivity index (χ2n) is 7.20. The maximum atomic E-state index is 13.1. The summed E-state index contributed by atoms with van der Waals surface area (Å²) in [7, 11) is 0. The van der Waals surface area contributed by atoms with Crippen molar-refractivity contribution in [3.63, 3.8) is 0 Å². The zero-order valence-corrected chi connectivity index (χ0v) is 14.9.